The largest absolute Gasteiger partial charge is 0.374 e. The number of ether oxygens (including phenoxy) is 1. The monoisotopic (exact) mass is 408 g/mol. The van der Waals surface area contributed by atoms with Gasteiger partial charge in [0.05, 0.1) is 19.3 Å². The van der Waals surface area contributed by atoms with Crippen molar-refractivity contribution < 1.29 is 13.8 Å². The first-order valence-electron chi connectivity index (χ1n) is 8.63. The van der Waals surface area contributed by atoms with Crippen molar-refractivity contribution in [1.82, 2.24) is 9.34 Å². The van der Waals surface area contributed by atoms with Gasteiger partial charge in [-0.1, -0.05) is 30.3 Å². The third-order valence-corrected chi connectivity index (χ3v) is 7.07. The number of hydrogen-bond acceptors (Lipinski definition) is 3. The topological polar surface area (TPSA) is 41.8 Å². The Bertz CT molecular complexity index is 540. The van der Waals surface area contributed by atoms with E-state index in [4.69, 9.17) is 32.5 Å². The van der Waals surface area contributed by atoms with Crippen LogP contribution in [0, 0.1) is 0 Å². The average Bonchev–Trinajstić information content (AvgIpc) is 3.46. The predicted octanol–water partition coefficient (Wildman–Crippen LogP) is 4.20. The molecule has 0 aromatic heterocycles. The lowest BCUT2D eigenvalue weighted by Gasteiger charge is -2.30. The molecule has 2 atom stereocenters. The van der Waals surface area contributed by atoms with Crippen molar-refractivity contribution in [2.45, 2.75) is 26.1 Å². The lowest BCUT2D eigenvalue weighted by Crippen LogP contribution is -2.29. The molecule has 0 saturated carbocycles. The normalized spacial score (nSPS) is 18.2. The molecule has 142 valence electrons. The van der Waals surface area contributed by atoms with Gasteiger partial charge < -0.3 is 9.26 Å². The van der Waals surface area contributed by atoms with Crippen LogP contribution in [0.25, 0.3) is 0 Å². The standard InChI is InChI=1S/C17H27Cl2N2O3P/c1-16(23-15-17-5-3-2-4-6-17)7-14-24-25(22,21-12-13-21)20(10-8-18)11-9-19/h2-6,16H,7-15H2,1H3. The molecule has 8 heteroatoms. The van der Waals surface area contributed by atoms with E-state index in [0.717, 1.165) is 18.7 Å². The molecule has 1 saturated heterocycles. The highest BCUT2D eigenvalue weighted by Gasteiger charge is 2.44. The molecule has 2 unspecified atom stereocenters. The molecule has 25 heavy (non-hydrogen) atoms. The Morgan fingerprint density at radius 2 is 1.84 bits per heavy atom. The van der Waals surface area contributed by atoms with Crippen LogP contribution >= 0.6 is 30.9 Å². The van der Waals surface area contributed by atoms with Crippen molar-refractivity contribution >= 4 is 30.9 Å². The summed E-state index contributed by atoms with van der Waals surface area (Å²) in [7, 11) is -3.01. The third-order valence-electron chi connectivity index (χ3n) is 3.98. The zero-order chi connectivity index (χ0) is 18.1. The van der Waals surface area contributed by atoms with Crippen LogP contribution in [-0.2, 0) is 20.4 Å². The molecule has 0 spiro atoms. The molecule has 1 aliphatic heterocycles. The number of hydrogen-bond donors (Lipinski definition) is 0. The Morgan fingerprint density at radius 3 is 2.40 bits per heavy atom. The number of nitrogens with zero attached hydrogens (tertiary/aromatic N) is 2. The molecule has 5 nitrogen and oxygen atoms in total. The first-order chi connectivity index (χ1) is 12.1. The Morgan fingerprint density at radius 1 is 1.20 bits per heavy atom. The van der Waals surface area contributed by atoms with Gasteiger partial charge in [-0.3, -0.25) is 4.57 Å². The second-order valence-electron chi connectivity index (χ2n) is 6.00. The minimum atomic E-state index is -3.01. The smallest absolute Gasteiger partial charge is 0.346 e. The maximum absolute atomic E-state index is 13.3. The summed E-state index contributed by atoms with van der Waals surface area (Å²) in [5.41, 5.74) is 1.14. The summed E-state index contributed by atoms with van der Waals surface area (Å²) in [4.78, 5) is 0. The van der Waals surface area contributed by atoms with Gasteiger partial charge in [0.25, 0.3) is 0 Å². The molecule has 0 radical (unpaired) electrons. The van der Waals surface area contributed by atoms with E-state index < -0.39 is 7.67 Å². The number of alkyl halides is 2. The van der Waals surface area contributed by atoms with Gasteiger partial charge in [-0.05, 0) is 18.9 Å². The summed E-state index contributed by atoms with van der Waals surface area (Å²) >= 11 is 11.7. The highest BCUT2D eigenvalue weighted by atomic mass is 35.5. The predicted molar refractivity (Wildman–Crippen MR) is 103 cm³/mol. The summed E-state index contributed by atoms with van der Waals surface area (Å²) in [6, 6.07) is 10.0. The highest BCUT2D eigenvalue weighted by molar-refractivity contribution is 7.54. The van der Waals surface area contributed by atoms with E-state index in [0.29, 0.717) is 44.5 Å². The average molecular weight is 409 g/mol. The quantitative estimate of drug-likeness (QED) is 0.278. The number of benzene rings is 1. The van der Waals surface area contributed by atoms with Gasteiger partial charge in [-0.2, -0.15) is 0 Å². The zero-order valence-corrected chi connectivity index (χ0v) is 17.1. The molecule has 0 aliphatic carbocycles. The third kappa shape index (κ3) is 6.84. The first-order valence-corrected chi connectivity index (χ1v) is 11.2. The van der Waals surface area contributed by atoms with Crippen LogP contribution in [0.5, 0.6) is 0 Å². The van der Waals surface area contributed by atoms with E-state index >= 15 is 0 Å². The van der Waals surface area contributed by atoms with Crippen LogP contribution in [0.4, 0.5) is 0 Å². The van der Waals surface area contributed by atoms with Gasteiger partial charge in [0.15, 0.2) is 0 Å². The molecule has 1 aromatic rings. The number of rotatable bonds is 13. The lowest BCUT2D eigenvalue weighted by molar-refractivity contribution is 0.0374. The van der Waals surface area contributed by atoms with E-state index in [1.54, 1.807) is 4.67 Å². The fraction of sp³-hybridized carbons (Fsp3) is 0.647. The summed E-state index contributed by atoms with van der Waals surface area (Å²) in [6.45, 7) is 5.53. The van der Waals surface area contributed by atoms with Crippen molar-refractivity contribution in [2.24, 2.45) is 0 Å². The molecule has 0 bridgehead atoms. The van der Waals surface area contributed by atoms with Crippen LogP contribution in [0.2, 0.25) is 0 Å². The first kappa shape index (κ1) is 21.2. The Kier molecular flexibility index (Phi) is 9.22. The molecule has 1 aromatic carbocycles. The molecule has 1 aliphatic rings. The molecule has 0 amide bonds. The minimum absolute atomic E-state index is 0.0253. The van der Waals surface area contributed by atoms with E-state index in [1.807, 2.05) is 41.9 Å². The highest BCUT2D eigenvalue weighted by Crippen LogP contribution is 2.57. The molecule has 1 fully saturated rings. The molecule has 0 N–H and O–H groups in total. The van der Waals surface area contributed by atoms with Gasteiger partial charge in [-0.15, -0.1) is 23.2 Å². The Balaban J connectivity index is 1.79. The fourth-order valence-corrected chi connectivity index (χ4v) is 5.40. The lowest BCUT2D eigenvalue weighted by atomic mass is 10.2. The summed E-state index contributed by atoms with van der Waals surface area (Å²) in [6.07, 6.45) is 0.706. The summed E-state index contributed by atoms with van der Waals surface area (Å²) in [5, 5.41) is 0. The van der Waals surface area contributed by atoms with Crippen LogP contribution in [0.15, 0.2) is 30.3 Å². The maximum Gasteiger partial charge on any atom is 0.346 e. The van der Waals surface area contributed by atoms with E-state index in [2.05, 4.69) is 0 Å². The van der Waals surface area contributed by atoms with Crippen LogP contribution in [0.3, 0.4) is 0 Å². The molecule has 1 heterocycles. The number of halogens is 2. The van der Waals surface area contributed by atoms with E-state index in [-0.39, 0.29) is 6.10 Å². The molecular weight excluding hydrogens is 382 g/mol. The van der Waals surface area contributed by atoms with Gasteiger partial charge in [0, 0.05) is 37.9 Å². The van der Waals surface area contributed by atoms with E-state index in [9.17, 15) is 4.57 Å². The van der Waals surface area contributed by atoms with Gasteiger partial charge in [-0.25, -0.2) is 9.34 Å². The minimum Gasteiger partial charge on any atom is -0.374 e. The van der Waals surface area contributed by atoms with Crippen molar-refractivity contribution in [3.63, 3.8) is 0 Å². The van der Waals surface area contributed by atoms with Crippen molar-refractivity contribution in [1.29, 1.82) is 0 Å². The van der Waals surface area contributed by atoms with Crippen LogP contribution < -0.4 is 0 Å². The fourth-order valence-electron chi connectivity index (χ4n) is 2.43. The van der Waals surface area contributed by atoms with Crippen LogP contribution in [-0.4, -0.2) is 60.0 Å². The summed E-state index contributed by atoms with van der Waals surface area (Å²) < 4.78 is 28.6. The van der Waals surface area contributed by atoms with Crippen molar-refractivity contribution in [3.05, 3.63) is 35.9 Å². The van der Waals surface area contributed by atoms with Gasteiger partial charge in [0.2, 0.25) is 0 Å². The molecular formula is C17H27Cl2N2O3P. The SMILES string of the molecule is CC(CCOP(=O)(N(CCCl)CCCl)N1CC1)OCc1ccccc1. The Labute approximate surface area is 160 Å². The van der Waals surface area contributed by atoms with Gasteiger partial charge in [0.1, 0.15) is 0 Å². The zero-order valence-electron chi connectivity index (χ0n) is 14.7. The maximum atomic E-state index is 13.3. The van der Waals surface area contributed by atoms with Crippen molar-refractivity contribution in [2.75, 3.05) is 44.5 Å². The van der Waals surface area contributed by atoms with E-state index in [1.165, 1.54) is 0 Å². The second-order valence-corrected chi connectivity index (χ2v) is 9.13. The Hall–Kier alpha value is -0.130. The van der Waals surface area contributed by atoms with Gasteiger partial charge >= 0.3 is 7.67 Å². The summed E-state index contributed by atoms with van der Waals surface area (Å²) in [5.74, 6) is 0.795. The second kappa shape index (κ2) is 10.9. The van der Waals surface area contributed by atoms with Crippen LogP contribution in [0.1, 0.15) is 18.9 Å². The molecule has 2 rings (SSSR count). The van der Waals surface area contributed by atoms with Crippen molar-refractivity contribution in [3.8, 4) is 0 Å².